The van der Waals surface area contributed by atoms with Gasteiger partial charge in [-0.1, -0.05) is 37.6 Å². The van der Waals surface area contributed by atoms with Crippen molar-refractivity contribution in [2.45, 2.75) is 45.1 Å². The number of ether oxygens (including phenoxy) is 1. The molecule has 0 aliphatic carbocycles. The van der Waals surface area contributed by atoms with Crippen molar-refractivity contribution in [3.8, 4) is 0 Å². The normalized spacial score (nSPS) is 18.7. The molecule has 3 heterocycles. The van der Waals surface area contributed by atoms with Crippen molar-refractivity contribution >= 4 is 28.5 Å². The van der Waals surface area contributed by atoms with E-state index in [1.54, 1.807) is 0 Å². The van der Waals surface area contributed by atoms with Gasteiger partial charge in [-0.25, -0.2) is 4.98 Å². The van der Waals surface area contributed by atoms with Gasteiger partial charge in [0.2, 0.25) is 11.8 Å². The van der Waals surface area contributed by atoms with Crippen molar-refractivity contribution in [2.24, 2.45) is 0 Å². The van der Waals surface area contributed by atoms with Crippen molar-refractivity contribution < 1.29 is 14.3 Å². The van der Waals surface area contributed by atoms with Crippen LogP contribution in [0.5, 0.6) is 0 Å². The first-order valence-electron chi connectivity index (χ1n) is 12.3. The average Bonchev–Trinajstić information content (AvgIpc) is 3.44. The first-order chi connectivity index (χ1) is 16.6. The number of rotatable bonds is 7. The Bertz CT molecular complexity index is 1160. The van der Waals surface area contributed by atoms with E-state index in [-0.39, 0.29) is 24.3 Å². The highest BCUT2D eigenvalue weighted by atomic mass is 16.5. The monoisotopic (exact) mass is 460 g/mol. The maximum atomic E-state index is 13.1. The Morgan fingerprint density at radius 1 is 1.09 bits per heavy atom. The number of morpholine rings is 1. The first kappa shape index (κ1) is 22.6. The molecule has 0 radical (unpaired) electrons. The fourth-order valence-electron chi connectivity index (χ4n) is 4.97. The molecule has 7 nitrogen and oxygen atoms in total. The summed E-state index contributed by atoms with van der Waals surface area (Å²) in [4.78, 5) is 34.7. The van der Waals surface area contributed by atoms with E-state index in [4.69, 9.17) is 9.72 Å². The van der Waals surface area contributed by atoms with Gasteiger partial charge in [-0.15, -0.1) is 0 Å². The van der Waals surface area contributed by atoms with Crippen LogP contribution < -0.4 is 4.90 Å². The Hall–Kier alpha value is -3.19. The zero-order valence-corrected chi connectivity index (χ0v) is 19.8. The Morgan fingerprint density at radius 3 is 2.62 bits per heavy atom. The minimum absolute atomic E-state index is 0.0582. The van der Waals surface area contributed by atoms with Crippen LogP contribution in [0.15, 0.2) is 48.5 Å². The second-order valence-electron chi connectivity index (χ2n) is 9.21. The third-order valence-electron chi connectivity index (χ3n) is 6.90. The summed E-state index contributed by atoms with van der Waals surface area (Å²) in [7, 11) is 0. The van der Waals surface area contributed by atoms with Crippen LogP contribution in [0.1, 0.15) is 43.5 Å². The van der Waals surface area contributed by atoms with Crippen molar-refractivity contribution in [3.63, 3.8) is 0 Å². The van der Waals surface area contributed by atoms with E-state index < -0.39 is 0 Å². The second kappa shape index (κ2) is 9.97. The SMILES string of the molecule is CCCCc1ccc(N2C[C@@H](c3nc4ccccc4n3CC(=O)N3CCOCC3)CC2=O)cc1. The molecule has 178 valence electrons. The van der Waals surface area contributed by atoms with Crippen LogP contribution in [-0.4, -0.2) is 59.1 Å². The van der Waals surface area contributed by atoms with Crippen LogP contribution in [0.4, 0.5) is 5.69 Å². The summed E-state index contributed by atoms with van der Waals surface area (Å²) >= 11 is 0. The average molecular weight is 461 g/mol. The number of carbonyl (C=O) groups excluding carboxylic acids is 2. The largest absolute Gasteiger partial charge is 0.378 e. The molecule has 1 aromatic heterocycles. The van der Waals surface area contributed by atoms with Crippen LogP contribution in [0.25, 0.3) is 11.0 Å². The summed E-state index contributed by atoms with van der Waals surface area (Å²) in [5, 5.41) is 0. The van der Waals surface area contributed by atoms with E-state index >= 15 is 0 Å². The van der Waals surface area contributed by atoms with E-state index in [0.29, 0.717) is 39.3 Å². The predicted molar refractivity (Wildman–Crippen MR) is 132 cm³/mol. The van der Waals surface area contributed by atoms with Gasteiger partial charge < -0.3 is 19.1 Å². The van der Waals surface area contributed by atoms with Crippen LogP contribution in [0, 0.1) is 0 Å². The lowest BCUT2D eigenvalue weighted by Crippen LogP contribution is -2.42. The number of benzene rings is 2. The number of anilines is 1. The summed E-state index contributed by atoms with van der Waals surface area (Å²) in [6.45, 7) is 5.38. The number of carbonyl (C=O) groups is 2. The van der Waals surface area contributed by atoms with Gasteiger partial charge >= 0.3 is 0 Å². The van der Waals surface area contributed by atoms with Gasteiger partial charge in [-0.3, -0.25) is 9.59 Å². The van der Waals surface area contributed by atoms with Crippen LogP contribution in [-0.2, 0) is 27.3 Å². The standard InChI is InChI=1S/C27H32N4O3/c1-2-3-6-20-9-11-22(12-10-20)30-18-21(17-25(30)32)27-28-23-7-4-5-8-24(23)31(27)19-26(33)29-13-15-34-16-14-29/h4-5,7-12,21H,2-3,6,13-19H2,1H3/t21-/m0/s1. The number of imidazole rings is 1. The van der Waals surface area contributed by atoms with E-state index in [2.05, 4.69) is 31.2 Å². The molecule has 3 aromatic rings. The number of fused-ring (bicyclic) bond motifs is 1. The first-order valence-corrected chi connectivity index (χ1v) is 12.3. The fourth-order valence-corrected chi connectivity index (χ4v) is 4.97. The van der Waals surface area contributed by atoms with Crippen molar-refractivity contribution in [1.29, 1.82) is 0 Å². The van der Waals surface area contributed by atoms with Crippen molar-refractivity contribution in [3.05, 3.63) is 59.9 Å². The molecular weight excluding hydrogens is 428 g/mol. The lowest BCUT2D eigenvalue weighted by Gasteiger charge is -2.27. The number of hydrogen-bond acceptors (Lipinski definition) is 4. The number of unbranched alkanes of at least 4 members (excludes halogenated alkanes) is 1. The maximum absolute atomic E-state index is 13.1. The van der Waals surface area contributed by atoms with Gasteiger partial charge in [0.15, 0.2) is 0 Å². The highest BCUT2D eigenvalue weighted by Crippen LogP contribution is 2.33. The molecule has 2 fully saturated rings. The highest BCUT2D eigenvalue weighted by molar-refractivity contribution is 5.96. The molecule has 34 heavy (non-hydrogen) atoms. The fraction of sp³-hybridized carbons (Fsp3) is 0.444. The third kappa shape index (κ3) is 4.57. The lowest BCUT2D eigenvalue weighted by molar-refractivity contribution is -0.135. The summed E-state index contributed by atoms with van der Waals surface area (Å²) in [6, 6.07) is 16.3. The van der Waals surface area contributed by atoms with E-state index in [1.807, 2.05) is 38.6 Å². The van der Waals surface area contributed by atoms with E-state index in [1.165, 1.54) is 18.4 Å². The molecule has 0 spiro atoms. The molecule has 2 aliphatic rings. The van der Waals surface area contributed by atoms with Gasteiger partial charge in [0.1, 0.15) is 12.4 Å². The Labute approximate surface area is 200 Å². The van der Waals surface area contributed by atoms with E-state index in [0.717, 1.165) is 29.0 Å². The van der Waals surface area contributed by atoms with Crippen LogP contribution >= 0.6 is 0 Å². The molecule has 2 aromatic carbocycles. The quantitative estimate of drug-likeness (QED) is 0.539. The smallest absolute Gasteiger partial charge is 0.242 e. The van der Waals surface area contributed by atoms with Crippen LogP contribution in [0.2, 0.25) is 0 Å². The lowest BCUT2D eigenvalue weighted by atomic mass is 10.1. The molecule has 0 bridgehead atoms. The number of hydrogen-bond donors (Lipinski definition) is 0. The van der Waals surface area contributed by atoms with E-state index in [9.17, 15) is 9.59 Å². The van der Waals surface area contributed by atoms with Gasteiger partial charge in [0, 0.05) is 37.7 Å². The number of nitrogens with zero attached hydrogens (tertiary/aromatic N) is 4. The molecule has 0 saturated carbocycles. The third-order valence-corrected chi connectivity index (χ3v) is 6.90. The zero-order chi connectivity index (χ0) is 23.5. The van der Waals surface area contributed by atoms with Gasteiger partial charge in [0.05, 0.1) is 24.2 Å². The maximum Gasteiger partial charge on any atom is 0.242 e. The van der Waals surface area contributed by atoms with Gasteiger partial charge in [-0.2, -0.15) is 0 Å². The topological polar surface area (TPSA) is 67.7 Å². The molecule has 1 atom stereocenters. The number of aryl methyl sites for hydroxylation is 1. The Morgan fingerprint density at radius 2 is 1.85 bits per heavy atom. The number of amides is 2. The number of para-hydroxylation sites is 2. The van der Waals surface area contributed by atoms with Crippen LogP contribution in [0.3, 0.4) is 0 Å². The molecule has 0 unspecified atom stereocenters. The molecule has 2 aliphatic heterocycles. The molecule has 7 heteroatoms. The zero-order valence-electron chi connectivity index (χ0n) is 19.8. The minimum Gasteiger partial charge on any atom is -0.378 e. The second-order valence-corrected chi connectivity index (χ2v) is 9.21. The molecule has 0 N–H and O–H groups in total. The molecule has 5 rings (SSSR count). The predicted octanol–water partition coefficient (Wildman–Crippen LogP) is 3.76. The molecule has 2 saturated heterocycles. The van der Waals surface area contributed by atoms with Gasteiger partial charge in [-0.05, 0) is 42.7 Å². The summed E-state index contributed by atoms with van der Waals surface area (Å²) in [6.07, 6.45) is 3.80. The summed E-state index contributed by atoms with van der Waals surface area (Å²) in [5.74, 6) is 0.927. The number of aromatic nitrogens is 2. The Kier molecular flexibility index (Phi) is 6.63. The summed E-state index contributed by atoms with van der Waals surface area (Å²) in [5.41, 5.74) is 4.03. The summed E-state index contributed by atoms with van der Waals surface area (Å²) < 4.78 is 7.41. The Balaban J connectivity index is 1.39. The minimum atomic E-state index is -0.0582. The molecule has 2 amide bonds. The molecular formula is C27H32N4O3. The van der Waals surface area contributed by atoms with Crippen molar-refractivity contribution in [1.82, 2.24) is 14.5 Å². The van der Waals surface area contributed by atoms with Gasteiger partial charge in [0.25, 0.3) is 0 Å². The highest BCUT2D eigenvalue weighted by Gasteiger charge is 2.35. The van der Waals surface area contributed by atoms with Crippen molar-refractivity contribution in [2.75, 3.05) is 37.7 Å².